The van der Waals surface area contributed by atoms with E-state index in [9.17, 15) is 4.79 Å². The standard InChI is InChI=1S/C10H9BrO2S2/c1-2-3-5-7-9(6(11)4-14-7)15-8(5)10(12)13/h4H,2-3H2,1H3,(H,12,13). The number of aryl methyl sites for hydroxylation is 1. The lowest BCUT2D eigenvalue weighted by atomic mass is 10.1. The van der Waals surface area contributed by atoms with Crippen LogP contribution in [0.4, 0.5) is 0 Å². The molecule has 0 aliphatic carbocycles. The predicted octanol–water partition coefficient (Wildman–Crippen LogP) is 4.38. The fourth-order valence-electron chi connectivity index (χ4n) is 1.55. The van der Waals surface area contributed by atoms with Gasteiger partial charge in [-0.3, -0.25) is 0 Å². The van der Waals surface area contributed by atoms with Gasteiger partial charge < -0.3 is 5.11 Å². The molecule has 5 heteroatoms. The third-order valence-electron chi connectivity index (χ3n) is 2.15. The molecule has 2 rings (SSSR count). The molecule has 80 valence electrons. The Kier molecular flexibility index (Phi) is 3.13. The van der Waals surface area contributed by atoms with E-state index in [4.69, 9.17) is 5.11 Å². The summed E-state index contributed by atoms with van der Waals surface area (Å²) in [6.45, 7) is 2.07. The van der Waals surface area contributed by atoms with Gasteiger partial charge in [-0.15, -0.1) is 22.7 Å². The molecule has 2 nitrogen and oxygen atoms in total. The maximum Gasteiger partial charge on any atom is 0.346 e. The fourth-order valence-corrected chi connectivity index (χ4v) is 4.70. The number of carboxylic acids is 1. The largest absolute Gasteiger partial charge is 0.477 e. The SMILES string of the molecule is CCCc1c(C(=O)O)sc2c(Br)csc12. The lowest BCUT2D eigenvalue weighted by Crippen LogP contribution is -1.97. The summed E-state index contributed by atoms with van der Waals surface area (Å²) < 4.78 is 3.21. The van der Waals surface area contributed by atoms with Gasteiger partial charge in [0.1, 0.15) is 4.88 Å². The van der Waals surface area contributed by atoms with Crippen molar-refractivity contribution in [3.05, 3.63) is 20.3 Å². The highest BCUT2D eigenvalue weighted by Crippen LogP contribution is 2.41. The van der Waals surface area contributed by atoms with Gasteiger partial charge in [0.05, 0.1) is 9.40 Å². The van der Waals surface area contributed by atoms with Crippen molar-refractivity contribution in [2.45, 2.75) is 19.8 Å². The first-order chi connectivity index (χ1) is 7.15. The van der Waals surface area contributed by atoms with Gasteiger partial charge in [0, 0.05) is 9.85 Å². The zero-order chi connectivity index (χ0) is 11.0. The number of thiophene rings is 2. The van der Waals surface area contributed by atoms with E-state index in [0.717, 1.165) is 32.3 Å². The third-order valence-corrected chi connectivity index (χ3v) is 5.76. The van der Waals surface area contributed by atoms with Crippen LogP contribution >= 0.6 is 38.6 Å². The summed E-state index contributed by atoms with van der Waals surface area (Å²) in [5, 5.41) is 11.1. The van der Waals surface area contributed by atoms with Crippen molar-refractivity contribution in [2.75, 3.05) is 0 Å². The molecule has 0 aliphatic heterocycles. The van der Waals surface area contributed by atoms with Crippen molar-refractivity contribution in [2.24, 2.45) is 0 Å². The van der Waals surface area contributed by atoms with Crippen LogP contribution in [0.3, 0.4) is 0 Å². The maximum absolute atomic E-state index is 11.1. The van der Waals surface area contributed by atoms with Gasteiger partial charge in [0.25, 0.3) is 0 Å². The first-order valence-electron chi connectivity index (χ1n) is 4.56. The average Bonchev–Trinajstić information content (AvgIpc) is 2.69. The quantitative estimate of drug-likeness (QED) is 0.914. The lowest BCUT2D eigenvalue weighted by Gasteiger charge is -1.96. The van der Waals surface area contributed by atoms with Crippen molar-refractivity contribution < 1.29 is 9.90 Å². The Morgan fingerprint density at radius 3 is 2.87 bits per heavy atom. The molecule has 1 N–H and O–H groups in total. The van der Waals surface area contributed by atoms with Crippen molar-refractivity contribution in [1.29, 1.82) is 0 Å². The smallest absolute Gasteiger partial charge is 0.346 e. The van der Waals surface area contributed by atoms with Crippen LogP contribution in [0.2, 0.25) is 0 Å². The number of fused-ring (bicyclic) bond motifs is 1. The normalized spacial score (nSPS) is 11.1. The monoisotopic (exact) mass is 304 g/mol. The molecule has 2 heterocycles. The van der Waals surface area contributed by atoms with Gasteiger partial charge >= 0.3 is 5.97 Å². The number of aromatic carboxylic acids is 1. The molecule has 0 saturated carbocycles. The molecular formula is C10H9BrO2S2. The summed E-state index contributed by atoms with van der Waals surface area (Å²) in [5.41, 5.74) is 1.00. The van der Waals surface area contributed by atoms with Gasteiger partial charge in [-0.05, 0) is 27.9 Å². The van der Waals surface area contributed by atoms with Gasteiger partial charge in [-0.1, -0.05) is 13.3 Å². The third kappa shape index (κ3) is 1.84. The molecule has 0 atom stereocenters. The Morgan fingerprint density at radius 1 is 1.53 bits per heavy atom. The lowest BCUT2D eigenvalue weighted by molar-refractivity contribution is 0.0701. The highest BCUT2D eigenvalue weighted by molar-refractivity contribution is 9.10. The summed E-state index contributed by atoms with van der Waals surface area (Å²) in [4.78, 5) is 11.6. The van der Waals surface area contributed by atoms with Crippen molar-refractivity contribution >= 4 is 54.0 Å². The van der Waals surface area contributed by atoms with Crippen LogP contribution in [-0.2, 0) is 6.42 Å². The predicted molar refractivity (Wildman–Crippen MR) is 68.4 cm³/mol. The van der Waals surface area contributed by atoms with E-state index in [1.807, 2.05) is 5.38 Å². The zero-order valence-electron chi connectivity index (χ0n) is 8.04. The molecule has 0 unspecified atom stereocenters. The van der Waals surface area contributed by atoms with Gasteiger partial charge in [0.15, 0.2) is 0 Å². The number of carbonyl (C=O) groups is 1. The molecular weight excluding hydrogens is 296 g/mol. The van der Waals surface area contributed by atoms with E-state index in [1.165, 1.54) is 11.3 Å². The van der Waals surface area contributed by atoms with Crippen LogP contribution in [0.1, 0.15) is 28.6 Å². The summed E-state index contributed by atoms with van der Waals surface area (Å²) in [5.74, 6) is -0.807. The topological polar surface area (TPSA) is 37.3 Å². The van der Waals surface area contributed by atoms with Crippen molar-refractivity contribution in [3.63, 3.8) is 0 Å². The fraction of sp³-hybridized carbons (Fsp3) is 0.300. The molecule has 2 aromatic heterocycles. The number of rotatable bonds is 3. The first kappa shape index (κ1) is 11.1. The minimum Gasteiger partial charge on any atom is -0.477 e. The van der Waals surface area contributed by atoms with Crippen LogP contribution in [0.25, 0.3) is 9.40 Å². The summed E-state index contributed by atoms with van der Waals surface area (Å²) in [6.07, 6.45) is 1.82. The van der Waals surface area contributed by atoms with Crippen LogP contribution < -0.4 is 0 Å². The second-order valence-electron chi connectivity index (χ2n) is 3.21. The molecule has 0 aromatic carbocycles. The molecule has 2 aromatic rings. The zero-order valence-corrected chi connectivity index (χ0v) is 11.3. The Hall–Kier alpha value is -0.390. The highest BCUT2D eigenvalue weighted by Gasteiger charge is 2.19. The minimum atomic E-state index is -0.807. The number of hydrogen-bond donors (Lipinski definition) is 1. The van der Waals surface area contributed by atoms with E-state index < -0.39 is 5.97 Å². The van der Waals surface area contributed by atoms with E-state index in [2.05, 4.69) is 22.9 Å². The highest BCUT2D eigenvalue weighted by atomic mass is 79.9. The molecule has 15 heavy (non-hydrogen) atoms. The molecule has 0 radical (unpaired) electrons. The molecule has 0 aliphatic rings. The van der Waals surface area contributed by atoms with Gasteiger partial charge in [0.2, 0.25) is 0 Å². The second kappa shape index (κ2) is 4.23. The number of hydrogen-bond acceptors (Lipinski definition) is 3. The van der Waals surface area contributed by atoms with Gasteiger partial charge in [-0.2, -0.15) is 0 Å². The summed E-state index contributed by atoms with van der Waals surface area (Å²) in [6, 6.07) is 0. The molecule has 0 saturated heterocycles. The molecule has 0 fully saturated rings. The van der Waals surface area contributed by atoms with Crippen LogP contribution in [0.15, 0.2) is 9.85 Å². The van der Waals surface area contributed by atoms with E-state index in [1.54, 1.807) is 11.3 Å². The average molecular weight is 305 g/mol. The Bertz CT molecular complexity index is 513. The van der Waals surface area contributed by atoms with Crippen LogP contribution in [0, 0.1) is 0 Å². The minimum absolute atomic E-state index is 0.499. The van der Waals surface area contributed by atoms with Crippen molar-refractivity contribution in [1.82, 2.24) is 0 Å². The van der Waals surface area contributed by atoms with E-state index in [0.29, 0.717) is 4.88 Å². The van der Waals surface area contributed by atoms with Crippen molar-refractivity contribution in [3.8, 4) is 0 Å². The van der Waals surface area contributed by atoms with Crippen LogP contribution in [-0.4, -0.2) is 11.1 Å². The van der Waals surface area contributed by atoms with Gasteiger partial charge in [-0.25, -0.2) is 4.79 Å². The summed E-state index contributed by atoms with van der Waals surface area (Å²) >= 11 is 6.43. The Labute approximate surface area is 104 Å². The molecule has 0 bridgehead atoms. The number of carboxylic acid groups (broad SMARTS) is 1. The Morgan fingerprint density at radius 2 is 2.27 bits per heavy atom. The number of halogens is 1. The van der Waals surface area contributed by atoms with Crippen LogP contribution in [0.5, 0.6) is 0 Å². The first-order valence-corrected chi connectivity index (χ1v) is 7.05. The Balaban J connectivity index is 2.68. The molecule has 0 amide bonds. The summed E-state index contributed by atoms with van der Waals surface area (Å²) in [7, 11) is 0. The van der Waals surface area contributed by atoms with E-state index >= 15 is 0 Å². The van der Waals surface area contributed by atoms with E-state index in [-0.39, 0.29) is 0 Å². The molecule has 0 spiro atoms. The second-order valence-corrected chi connectivity index (χ2v) is 5.96. The maximum atomic E-state index is 11.1.